The van der Waals surface area contributed by atoms with Gasteiger partial charge in [0.25, 0.3) is 0 Å². The van der Waals surface area contributed by atoms with E-state index in [4.69, 9.17) is 0 Å². The number of hydrogen-bond donors (Lipinski definition) is 1. The highest BCUT2D eigenvalue weighted by Gasteiger charge is 2.40. The zero-order chi connectivity index (χ0) is 14.2. The van der Waals surface area contributed by atoms with Crippen molar-refractivity contribution in [1.29, 1.82) is 0 Å². The molecule has 2 aliphatic carbocycles. The second-order valence-corrected chi connectivity index (χ2v) is 8.18. The van der Waals surface area contributed by atoms with Crippen LogP contribution in [0.1, 0.15) is 64.5 Å². The molecule has 0 aliphatic heterocycles. The van der Waals surface area contributed by atoms with E-state index in [1.54, 1.807) is 0 Å². The minimum absolute atomic E-state index is 0.366. The predicted octanol–water partition coefficient (Wildman–Crippen LogP) is 4.94. The van der Waals surface area contributed by atoms with Gasteiger partial charge in [0.1, 0.15) is 0 Å². The molecule has 1 aromatic rings. The molecule has 2 saturated carbocycles. The van der Waals surface area contributed by atoms with Gasteiger partial charge in [0, 0.05) is 12.1 Å². The summed E-state index contributed by atoms with van der Waals surface area (Å²) in [7, 11) is 0. The van der Waals surface area contributed by atoms with E-state index >= 15 is 0 Å². The lowest BCUT2D eigenvalue weighted by Gasteiger charge is -2.33. The van der Waals surface area contributed by atoms with E-state index < -0.39 is 0 Å². The Balaban J connectivity index is 1.72. The fourth-order valence-corrected chi connectivity index (χ4v) is 4.28. The molecule has 4 unspecified atom stereocenters. The quantitative estimate of drug-likeness (QED) is 0.817. The van der Waals surface area contributed by atoms with Crippen molar-refractivity contribution in [2.24, 2.45) is 17.3 Å². The summed E-state index contributed by atoms with van der Waals surface area (Å²) in [6.45, 7) is 7.06. The van der Waals surface area contributed by atoms with Crippen LogP contribution in [0.3, 0.4) is 0 Å². The Morgan fingerprint density at radius 1 is 1.10 bits per heavy atom. The van der Waals surface area contributed by atoms with Gasteiger partial charge in [0.05, 0.1) is 0 Å². The van der Waals surface area contributed by atoms with Crippen LogP contribution in [-0.2, 0) is 0 Å². The molecule has 110 valence electrons. The van der Waals surface area contributed by atoms with Crippen molar-refractivity contribution >= 4 is 0 Å². The van der Waals surface area contributed by atoms with Gasteiger partial charge in [-0.2, -0.15) is 0 Å². The van der Waals surface area contributed by atoms with Gasteiger partial charge in [-0.1, -0.05) is 57.5 Å². The molecule has 1 heteroatoms. The third kappa shape index (κ3) is 3.25. The number of hydrogen-bond acceptors (Lipinski definition) is 1. The van der Waals surface area contributed by atoms with Gasteiger partial charge < -0.3 is 5.32 Å². The van der Waals surface area contributed by atoms with Gasteiger partial charge in [-0.05, 0) is 48.5 Å². The average Bonchev–Trinajstić information content (AvgIpc) is 3.00. The summed E-state index contributed by atoms with van der Waals surface area (Å²) in [6.07, 6.45) is 7.05. The Hall–Kier alpha value is -0.820. The first-order valence-electron chi connectivity index (χ1n) is 8.32. The largest absolute Gasteiger partial charge is 0.307 e. The Bertz CT molecular complexity index is 431. The molecule has 1 aromatic carbocycles. The summed E-state index contributed by atoms with van der Waals surface area (Å²) in [5.74, 6) is 1.97. The summed E-state index contributed by atoms with van der Waals surface area (Å²) in [6, 6.07) is 12.3. The zero-order valence-corrected chi connectivity index (χ0v) is 13.2. The fraction of sp³-hybridized carbons (Fsp3) is 0.684. The number of benzene rings is 1. The average molecular weight is 271 g/mol. The molecule has 1 N–H and O–H groups in total. The highest BCUT2D eigenvalue weighted by molar-refractivity contribution is 5.19. The van der Waals surface area contributed by atoms with E-state index in [-0.39, 0.29) is 0 Å². The van der Waals surface area contributed by atoms with E-state index in [1.165, 1.54) is 37.7 Å². The Kier molecular flexibility index (Phi) is 3.90. The van der Waals surface area contributed by atoms with Crippen LogP contribution >= 0.6 is 0 Å². The monoisotopic (exact) mass is 271 g/mol. The van der Waals surface area contributed by atoms with E-state index in [1.807, 2.05) is 0 Å². The predicted molar refractivity (Wildman–Crippen MR) is 85.6 cm³/mol. The van der Waals surface area contributed by atoms with Crippen LogP contribution in [0, 0.1) is 17.3 Å². The van der Waals surface area contributed by atoms with Gasteiger partial charge >= 0.3 is 0 Å². The van der Waals surface area contributed by atoms with Crippen LogP contribution in [0.15, 0.2) is 30.3 Å². The van der Waals surface area contributed by atoms with E-state index in [0.29, 0.717) is 11.5 Å². The van der Waals surface area contributed by atoms with Crippen LogP contribution in [0.2, 0.25) is 0 Å². The van der Waals surface area contributed by atoms with Crippen molar-refractivity contribution in [3.05, 3.63) is 35.9 Å². The van der Waals surface area contributed by atoms with E-state index in [9.17, 15) is 0 Å². The minimum Gasteiger partial charge on any atom is -0.307 e. The van der Waals surface area contributed by atoms with Crippen LogP contribution in [-0.4, -0.2) is 6.04 Å². The van der Waals surface area contributed by atoms with Gasteiger partial charge in [-0.3, -0.25) is 0 Å². The lowest BCUT2D eigenvalue weighted by atomic mass is 9.84. The summed E-state index contributed by atoms with van der Waals surface area (Å²) < 4.78 is 0. The third-order valence-electron chi connectivity index (χ3n) is 5.17. The first kappa shape index (κ1) is 14.1. The van der Waals surface area contributed by atoms with Crippen LogP contribution in [0.25, 0.3) is 0 Å². The molecule has 3 rings (SSSR count). The third-order valence-corrected chi connectivity index (χ3v) is 5.17. The Morgan fingerprint density at radius 3 is 2.40 bits per heavy atom. The van der Waals surface area contributed by atoms with Crippen molar-refractivity contribution in [3.63, 3.8) is 0 Å². The van der Waals surface area contributed by atoms with Gasteiger partial charge in [-0.25, -0.2) is 0 Å². The number of fused-ring (bicyclic) bond motifs is 2. The van der Waals surface area contributed by atoms with Gasteiger partial charge in [0.2, 0.25) is 0 Å². The number of rotatable bonds is 4. The van der Waals surface area contributed by atoms with Crippen LogP contribution in [0.5, 0.6) is 0 Å². The Labute approximate surface area is 124 Å². The molecule has 0 aromatic heterocycles. The standard InChI is InChI=1S/C19H29N/c1-19(2,3)13-18(15-7-5-4-6-8-15)20-17-12-14-9-10-16(17)11-14/h4-8,14,16-18,20H,9-13H2,1-3H3. The SMILES string of the molecule is CC(C)(C)CC(NC1CC2CCC1C2)c1ccccc1. The maximum atomic E-state index is 4.02. The molecule has 0 radical (unpaired) electrons. The molecule has 2 aliphatic rings. The zero-order valence-electron chi connectivity index (χ0n) is 13.2. The lowest BCUT2D eigenvalue weighted by Crippen LogP contribution is -2.38. The smallest absolute Gasteiger partial charge is 0.0327 e. The first-order chi connectivity index (χ1) is 9.51. The molecule has 0 saturated heterocycles. The fourth-order valence-electron chi connectivity index (χ4n) is 4.28. The molecule has 0 heterocycles. The molecule has 2 fully saturated rings. The molecule has 4 atom stereocenters. The molecule has 1 nitrogen and oxygen atoms in total. The molecule has 0 amide bonds. The van der Waals surface area contributed by atoms with Gasteiger partial charge in [-0.15, -0.1) is 0 Å². The van der Waals surface area contributed by atoms with Crippen molar-refractivity contribution in [1.82, 2.24) is 5.32 Å². The van der Waals surface area contributed by atoms with Crippen molar-refractivity contribution < 1.29 is 0 Å². The first-order valence-corrected chi connectivity index (χ1v) is 8.32. The second kappa shape index (κ2) is 5.52. The Morgan fingerprint density at radius 2 is 1.85 bits per heavy atom. The van der Waals surface area contributed by atoms with Crippen molar-refractivity contribution in [2.75, 3.05) is 0 Å². The summed E-state index contributed by atoms with van der Waals surface area (Å²) in [5.41, 5.74) is 1.83. The normalized spacial score (nSPS) is 30.6. The second-order valence-electron chi connectivity index (χ2n) is 8.18. The summed E-state index contributed by atoms with van der Waals surface area (Å²) in [4.78, 5) is 0. The van der Waals surface area contributed by atoms with Gasteiger partial charge in [0.15, 0.2) is 0 Å². The molecule has 20 heavy (non-hydrogen) atoms. The highest BCUT2D eigenvalue weighted by atomic mass is 15.0. The van der Waals surface area contributed by atoms with Crippen LogP contribution in [0.4, 0.5) is 0 Å². The molecular weight excluding hydrogens is 242 g/mol. The minimum atomic E-state index is 0.366. The molecule has 0 spiro atoms. The molecule has 2 bridgehead atoms. The maximum Gasteiger partial charge on any atom is 0.0327 e. The number of nitrogens with one attached hydrogen (secondary N) is 1. The topological polar surface area (TPSA) is 12.0 Å². The lowest BCUT2D eigenvalue weighted by molar-refractivity contribution is 0.258. The van der Waals surface area contributed by atoms with Crippen molar-refractivity contribution in [3.8, 4) is 0 Å². The van der Waals surface area contributed by atoms with E-state index in [2.05, 4.69) is 56.4 Å². The van der Waals surface area contributed by atoms with Crippen molar-refractivity contribution in [2.45, 2.75) is 65.0 Å². The summed E-state index contributed by atoms with van der Waals surface area (Å²) in [5, 5.41) is 4.02. The van der Waals surface area contributed by atoms with Crippen LogP contribution < -0.4 is 5.32 Å². The molecular formula is C19H29N. The highest BCUT2D eigenvalue weighted by Crippen LogP contribution is 2.45. The van der Waals surface area contributed by atoms with E-state index in [0.717, 1.165) is 17.9 Å². The maximum absolute atomic E-state index is 4.02. The summed E-state index contributed by atoms with van der Waals surface area (Å²) >= 11 is 0.